The maximum atomic E-state index is 11.4. The molecule has 0 unspecified atom stereocenters. The lowest BCUT2D eigenvalue weighted by molar-refractivity contribution is -0.138. The van der Waals surface area contributed by atoms with Crippen LogP contribution in [0.4, 0.5) is 0 Å². The number of amidine groups is 1. The zero-order valence-electron chi connectivity index (χ0n) is 12.8. The molecule has 0 atom stereocenters. The minimum absolute atomic E-state index is 0.0688. The van der Waals surface area contributed by atoms with Gasteiger partial charge in [-0.05, 0) is 24.4 Å². The van der Waals surface area contributed by atoms with Gasteiger partial charge < -0.3 is 19.7 Å². The number of nitrogens with zero attached hydrogens (tertiary/aromatic N) is 2. The summed E-state index contributed by atoms with van der Waals surface area (Å²) in [7, 11) is 1.34. The van der Waals surface area contributed by atoms with E-state index in [4.69, 9.17) is 17.0 Å². The van der Waals surface area contributed by atoms with Crippen LogP contribution in [0.1, 0.15) is 5.56 Å². The lowest BCUT2D eigenvalue weighted by atomic mass is 10.2. The van der Waals surface area contributed by atoms with Crippen molar-refractivity contribution in [3.63, 3.8) is 0 Å². The summed E-state index contributed by atoms with van der Waals surface area (Å²) in [5.74, 6) is 0.137. The number of aliphatic imine (C=N–C) groups is 1. The van der Waals surface area contributed by atoms with E-state index in [1.165, 1.54) is 7.11 Å². The SMILES string of the molecule is COC(=O)CN=C(NC(=S)N1CCOCC1)c1ccc(Br)cc1. The first-order valence-corrected chi connectivity index (χ1v) is 8.31. The average Bonchev–Trinajstić information content (AvgIpc) is 2.59. The molecule has 1 aromatic carbocycles. The summed E-state index contributed by atoms with van der Waals surface area (Å²) in [5.41, 5.74) is 0.840. The Morgan fingerprint density at radius 3 is 2.65 bits per heavy atom. The Hall–Kier alpha value is -1.51. The van der Waals surface area contributed by atoms with Gasteiger partial charge in [-0.1, -0.05) is 28.1 Å². The highest BCUT2D eigenvalue weighted by Gasteiger charge is 2.16. The molecule has 1 heterocycles. The predicted molar refractivity (Wildman–Crippen MR) is 95.7 cm³/mol. The van der Waals surface area contributed by atoms with Crippen molar-refractivity contribution < 1.29 is 14.3 Å². The molecule has 1 aliphatic rings. The number of esters is 1. The van der Waals surface area contributed by atoms with Gasteiger partial charge in [0.05, 0.1) is 20.3 Å². The molecule has 1 aromatic rings. The molecule has 23 heavy (non-hydrogen) atoms. The predicted octanol–water partition coefficient (Wildman–Crippen LogP) is 1.58. The third-order valence-corrected chi connectivity index (χ3v) is 4.12. The smallest absolute Gasteiger partial charge is 0.327 e. The van der Waals surface area contributed by atoms with Gasteiger partial charge in [0, 0.05) is 23.1 Å². The molecular weight excluding hydrogens is 382 g/mol. The molecule has 0 bridgehead atoms. The van der Waals surface area contributed by atoms with Crippen molar-refractivity contribution in [2.24, 2.45) is 4.99 Å². The van der Waals surface area contributed by atoms with Crippen molar-refractivity contribution in [1.82, 2.24) is 10.2 Å². The summed E-state index contributed by atoms with van der Waals surface area (Å²) < 4.78 is 10.9. The number of ether oxygens (including phenoxy) is 2. The van der Waals surface area contributed by atoms with Crippen molar-refractivity contribution in [3.8, 4) is 0 Å². The molecule has 0 aromatic heterocycles. The average molecular weight is 400 g/mol. The van der Waals surface area contributed by atoms with Gasteiger partial charge in [0.25, 0.3) is 0 Å². The van der Waals surface area contributed by atoms with Crippen LogP contribution in [-0.2, 0) is 14.3 Å². The highest BCUT2D eigenvalue weighted by molar-refractivity contribution is 9.10. The van der Waals surface area contributed by atoms with Crippen molar-refractivity contribution in [2.45, 2.75) is 0 Å². The summed E-state index contributed by atoms with van der Waals surface area (Å²) in [6, 6.07) is 7.61. The van der Waals surface area contributed by atoms with Gasteiger partial charge in [0.2, 0.25) is 0 Å². The van der Waals surface area contributed by atoms with Crippen molar-refractivity contribution in [3.05, 3.63) is 34.3 Å². The molecule has 2 rings (SSSR count). The number of thiocarbonyl (C=S) groups is 1. The quantitative estimate of drug-likeness (QED) is 0.360. The number of benzene rings is 1. The lowest BCUT2D eigenvalue weighted by Gasteiger charge is -2.29. The van der Waals surface area contributed by atoms with Gasteiger partial charge in [0.1, 0.15) is 12.4 Å². The van der Waals surface area contributed by atoms with E-state index in [9.17, 15) is 4.79 Å². The number of hydrogen-bond acceptors (Lipinski definition) is 5. The first-order valence-electron chi connectivity index (χ1n) is 7.11. The summed E-state index contributed by atoms with van der Waals surface area (Å²) in [4.78, 5) is 17.7. The van der Waals surface area contributed by atoms with Crippen LogP contribution >= 0.6 is 28.1 Å². The van der Waals surface area contributed by atoms with Crippen molar-refractivity contribution >= 4 is 45.1 Å². The van der Waals surface area contributed by atoms with Crippen molar-refractivity contribution in [1.29, 1.82) is 0 Å². The fourth-order valence-electron chi connectivity index (χ4n) is 1.97. The zero-order valence-corrected chi connectivity index (χ0v) is 15.2. The van der Waals surface area contributed by atoms with Crippen LogP contribution in [0.5, 0.6) is 0 Å². The molecule has 6 nitrogen and oxygen atoms in total. The Bertz CT molecular complexity index is 586. The first-order chi connectivity index (χ1) is 11.1. The highest BCUT2D eigenvalue weighted by atomic mass is 79.9. The van der Waals surface area contributed by atoms with Gasteiger partial charge >= 0.3 is 5.97 Å². The summed E-state index contributed by atoms with van der Waals surface area (Å²) in [6.45, 7) is 2.69. The van der Waals surface area contributed by atoms with Crippen LogP contribution in [0.25, 0.3) is 0 Å². The molecular formula is C15H18BrN3O3S. The molecule has 1 N–H and O–H groups in total. The van der Waals surface area contributed by atoms with E-state index in [0.717, 1.165) is 23.1 Å². The molecule has 1 fully saturated rings. The van der Waals surface area contributed by atoms with Crippen LogP contribution in [0.15, 0.2) is 33.7 Å². The summed E-state index contributed by atoms with van der Waals surface area (Å²) in [6.07, 6.45) is 0. The molecule has 124 valence electrons. The summed E-state index contributed by atoms with van der Waals surface area (Å²) in [5, 5.41) is 3.70. The maximum absolute atomic E-state index is 11.4. The van der Waals surface area contributed by atoms with E-state index in [0.29, 0.717) is 24.2 Å². The minimum Gasteiger partial charge on any atom is -0.468 e. The van der Waals surface area contributed by atoms with E-state index in [1.54, 1.807) is 0 Å². The van der Waals surface area contributed by atoms with Crippen LogP contribution in [0, 0.1) is 0 Å². The Labute approximate surface area is 149 Å². The standard InChI is InChI=1S/C15H18BrN3O3S/c1-21-13(20)10-17-14(11-2-4-12(16)5-3-11)18-15(23)19-6-8-22-9-7-19/h2-5H,6-10H2,1H3,(H,17,18,23). The highest BCUT2D eigenvalue weighted by Crippen LogP contribution is 2.11. The largest absolute Gasteiger partial charge is 0.468 e. The van der Waals surface area contributed by atoms with Gasteiger partial charge in [0.15, 0.2) is 5.11 Å². The molecule has 8 heteroatoms. The maximum Gasteiger partial charge on any atom is 0.327 e. The Kier molecular flexibility index (Phi) is 6.94. The van der Waals surface area contributed by atoms with E-state index in [2.05, 4.69) is 31.0 Å². The molecule has 0 radical (unpaired) electrons. The molecule has 1 saturated heterocycles. The zero-order chi connectivity index (χ0) is 16.7. The fraction of sp³-hybridized carbons (Fsp3) is 0.400. The first kappa shape index (κ1) is 17.8. The third kappa shape index (κ3) is 5.56. The van der Waals surface area contributed by atoms with Crippen LogP contribution in [0.3, 0.4) is 0 Å². The van der Waals surface area contributed by atoms with Gasteiger partial charge in [-0.2, -0.15) is 0 Å². The van der Waals surface area contributed by atoms with Gasteiger partial charge in [-0.25, -0.2) is 0 Å². The van der Waals surface area contributed by atoms with Gasteiger partial charge in [-0.3, -0.25) is 9.79 Å². The van der Waals surface area contributed by atoms with Gasteiger partial charge in [-0.15, -0.1) is 0 Å². The molecule has 0 amide bonds. The number of nitrogens with one attached hydrogen (secondary N) is 1. The normalized spacial score (nSPS) is 15.2. The van der Waals surface area contributed by atoms with E-state index < -0.39 is 5.97 Å². The number of carbonyl (C=O) groups excluding carboxylic acids is 1. The minimum atomic E-state index is -0.404. The number of halogens is 1. The second kappa shape index (κ2) is 8.95. The second-order valence-electron chi connectivity index (χ2n) is 4.78. The molecule has 0 saturated carbocycles. The second-order valence-corrected chi connectivity index (χ2v) is 6.08. The van der Waals surface area contributed by atoms with E-state index in [1.807, 2.05) is 29.2 Å². The number of morpholine rings is 1. The monoisotopic (exact) mass is 399 g/mol. The molecule has 1 aliphatic heterocycles. The summed E-state index contributed by atoms with van der Waals surface area (Å²) >= 11 is 8.84. The Balaban J connectivity index is 2.13. The molecule has 0 aliphatic carbocycles. The Morgan fingerprint density at radius 2 is 2.04 bits per heavy atom. The number of methoxy groups -OCH3 is 1. The topological polar surface area (TPSA) is 63.2 Å². The van der Waals surface area contributed by atoms with E-state index >= 15 is 0 Å². The lowest BCUT2D eigenvalue weighted by Crippen LogP contribution is -2.48. The van der Waals surface area contributed by atoms with Crippen LogP contribution in [-0.4, -0.2) is 61.8 Å². The Morgan fingerprint density at radius 1 is 1.39 bits per heavy atom. The number of rotatable bonds is 3. The number of hydrogen-bond donors (Lipinski definition) is 1. The van der Waals surface area contributed by atoms with Crippen LogP contribution in [0.2, 0.25) is 0 Å². The third-order valence-electron chi connectivity index (χ3n) is 3.24. The van der Waals surface area contributed by atoms with Crippen LogP contribution < -0.4 is 5.32 Å². The number of carbonyl (C=O) groups is 1. The van der Waals surface area contributed by atoms with E-state index in [-0.39, 0.29) is 6.54 Å². The fourth-order valence-corrected chi connectivity index (χ4v) is 2.51. The molecule has 0 spiro atoms. The van der Waals surface area contributed by atoms with Crippen molar-refractivity contribution in [2.75, 3.05) is 40.0 Å².